The molecule has 0 bridgehead atoms. The van der Waals surface area contributed by atoms with Gasteiger partial charge in [0, 0.05) is 12.5 Å². The number of aliphatic hydroxyl groups is 1. The molecule has 7 nitrogen and oxygen atoms in total. The maximum absolute atomic E-state index is 12.1. The molecule has 2 aliphatic rings. The Balaban J connectivity index is 1.47. The highest BCUT2D eigenvalue weighted by Gasteiger charge is 2.52. The third kappa shape index (κ3) is 4.53. The maximum atomic E-state index is 12.1. The highest BCUT2D eigenvalue weighted by molar-refractivity contribution is 5.75. The lowest BCUT2D eigenvalue weighted by atomic mass is 10.0. The topological polar surface area (TPSA) is 88.1 Å². The van der Waals surface area contributed by atoms with E-state index >= 15 is 0 Å². The third-order valence-corrected chi connectivity index (χ3v) is 5.01. The number of carbonyl (C=O) groups is 2. The Kier molecular flexibility index (Phi) is 6.11. The Morgan fingerprint density at radius 3 is 2.81 bits per heavy atom. The lowest BCUT2D eigenvalue weighted by molar-refractivity contribution is -0.145. The first-order valence-corrected chi connectivity index (χ1v) is 9.18. The van der Waals surface area contributed by atoms with Crippen molar-refractivity contribution in [2.75, 3.05) is 13.2 Å². The fourth-order valence-electron chi connectivity index (χ4n) is 3.56. The van der Waals surface area contributed by atoms with Crippen molar-refractivity contribution in [2.45, 2.75) is 44.9 Å². The minimum atomic E-state index is -0.665. The second-order valence-electron chi connectivity index (χ2n) is 6.83. The van der Waals surface area contributed by atoms with E-state index in [4.69, 9.17) is 9.47 Å². The summed E-state index contributed by atoms with van der Waals surface area (Å²) in [6, 6.07) is 9.25. The van der Waals surface area contributed by atoms with Crippen LogP contribution in [0.1, 0.15) is 31.7 Å². The molecule has 1 aromatic carbocycles. The summed E-state index contributed by atoms with van der Waals surface area (Å²) in [6.45, 7) is 2.97. The standard InChI is InChI=1S/C19H26N2O5/c1-2-25-18(23)15-11-14(15)17(22)16-9-6-10-21(16)20-19(24)26-12-13-7-4-3-5-8-13/h3-5,7-8,14-17,22H,2,6,9-12H2,1H3,(H,20,24)/t14-,15-,16-,17?/m0/s1. The van der Waals surface area contributed by atoms with Gasteiger partial charge in [-0.2, -0.15) is 0 Å². The summed E-state index contributed by atoms with van der Waals surface area (Å²) in [5, 5.41) is 12.4. The van der Waals surface area contributed by atoms with Crippen LogP contribution in [0.4, 0.5) is 4.79 Å². The van der Waals surface area contributed by atoms with Crippen molar-refractivity contribution in [1.29, 1.82) is 0 Å². The van der Waals surface area contributed by atoms with Crippen LogP contribution < -0.4 is 5.43 Å². The molecule has 1 aromatic rings. The zero-order valence-electron chi connectivity index (χ0n) is 15.0. The van der Waals surface area contributed by atoms with Crippen molar-refractivity contribution in [3.8, 4) is 0 Å². The van der Waals surface area contributed by atoms with E-state index in [1.54, 1.807) is 11.9 Å². The Morgan fingerprint density at radius 1 is 1.31 bits per heavy atom. The van der Waals surface area contributed by atoms with Crippen LogP contribution in [-0.2, 0) is 20.9 Å². The number of nitrogens with one attached hydrogen (secondary N) is 1. The first-order chi connectivity index (χ1) is 12.6. The van der Waals surface area contributed by atoms with Gasteiger partial charge in [0.15, 0.2) is 0 Å². The number of hydrogen-bond acceptors (Lipinski definition) is 6. The van der Waals surface area contributed by atoms with E-state index in [1.807, 2.05) is 30.3 Å². The molecule has 1 amide bonds. The summed E-state index contributed by atoms with van der Waals surface area (Å²) < 4.78 is 10.3. The van der Waals surface area contributed by atoms with Gasteiger partial charge >= 0.3 is 12.1 Å². The smallest absolute Gasteiger partial charge is 0.422 e. The van der Waals surface area contributed by atoms with Gasteiger partial charge < -0.3 is 14.6 Å². The van der Waals surface area contributed by atoms with Crippen LogP contribution in [0.5, 0.6) is 0 Å². The fraction of sp³-hybridized carbons (Fsp3) is 0.579. The molecule has 1 heterocycles. The van der Waals surface area contributed by atoms with E-state index in [9.17, 15) is 14.7 Å². The van der Waals surface area contributed by atoms with Gasteiger partial charge in [-0.3, -0.25) is 10.2 Å². The molecule has 1 unspecified atom stereocenters. The maximum Gasteiger partial charge on any atom is 0.422 e. The molecule has 7 heteroatoms. The van der Waals surface area contributed by atoms with Crippen LogP contribution in [-0.4, -0.2) is 47.5 Å². The van der Waals surface area contributed by atoms with Crippen molar-refractivity contribution in [2.24, 2.45) is 11.8 Å². The van der Waals surface area contributed by atoms with Crippen molar-refractivity contribution in [1.82, 2.24) is 10.4 Å². The molecule has 0 radical (unpaired) electrons. The molecule has 142 valence electrons. The van der Waals surface area contributed by atoms with Gasteiger partial charge in [-0.05, 0) is 31.7 Å². The Morgan fingerprint density at radius 2 is 2.08 bits per heavy atom. The molecule has 0 aromatic heterocycles. The number of aliphatic hydroxyl groups excluding tert-OH is 1. The van der Waals surface area contributed by atoms with E-state index in [-0.39, 0.29) is 30.5 Å². The monoisotopic (exact) mass is 362 g/mol. The average molecular weight is 362 g/mol. The fourth-order valence-corrected chi connectivity index (χ4v) is 3.56. The van der Waals surface area contributed by atoms with Crippen LogP contribution >= 0.6 is 0 Å². The van der Waals surface area contributed by atoms with Crippen LogP contribution in [0.25, 0.3) is 0 Å². The number of amides is 1. The zero-order valence-corrected chi connectivity index (χ0v) is 15.0. The van der Waals surface area contributed by atoms with Crippen molar-refractivity contribution >= 4 is 12.1 Å². The summed E-state index contributed by atoms with van der Waals surface area (Å²) in [6.07, 6.45) is 1.08. The van der Waals surface area contributed by atoms with Gasteiger partial charge in [-0.25, -0.2) is 9.80 Å². The summed E-state index contributed by atoms with van der Waals surface area (Å²) in [5.41, 5.74) is 3.64. The normalized spacial score (nSPS) is 26.2. The Hall–Kier alpha value is -2.12. The van der Waals surface area contributed by atoms with Gasteiger partial charge in [0.05, 0.1) is 24.7 Å². The first kappa shape index (κ1) is 18.7. The average Bonchev–Trinajstić information content (AvgIpc) is 3.33. The predicted octanol–water partition coefficient (Wildman–Crippen LogP) is 1.85. The minimum Gasteiger partial charge on any atom is -0.466 e. The zero-order chi connectivity index (χ0) is 18.5. The van der Waals surface area contributed by atoms with Crippen molar-refractivity contribution in [3.05, 3.63) is 35.9 Å². The SMILES string of the molecule is CCOC(=O)[C@H]1C[C@@H]1C(O)[C@@H]1CCCN1NC(=O)OCc1ccccc1. The molecular formula is C19H26N2O5. The summed E-state index contributed by atoms with van der Waals surface area (Å²) in [5.74, 6) is -0.560. The van der Waals surface area contributed by atoms with E-state index < -0.39 is 12.2 Å². The van der Waals surface area contributed by atoms with Crippen LogP contribution in [0, 0.1) is 11.8 Å². The second kappa shape index (κ2) is 8.51. The van der Waals surface area contributed by atoms with Gasteiger partial charge in [-0.15, -0.1) is 0 Å². The number of benzene rings is 1. The molecule has 1 saturated carbocycles. The molecule has 0 spiro atoms. The quantitative estimate of drug-likeness (QED) is 0.720. The molecular weight excluding hydrogens is 336 g/mol. The van der Waals surface area contributed by atoms with E-state index in [1.165, 1.54) is 0 Å². The Bertz CT molecular complexity index is 624. The number of esters is 1. The van der Waals surface area contributed by atoms with E-state index in [0.29, 0.717) is 19.6 Å². The van der Waals surface area contributed by atoms with E-state index in [2.05, 4.69) is 5.43 Å². The van der Waals surface area contributed by atoms with Gasteiger partial charge in [0.2, 0.25) is 0 Å². The number of rotatable bonds is 7. The molecule has 1 aliphatic heterocycles. The molecule has 3 rings (SSSR count). The summed E-state index contributed by atoms with van der Waals surface area (Å²) >= 11 is 0. The minimum absolute atomic E-state index is 0.0956. The molecule has 1 aliphatic carbocycles. The number of hydrazine groups is 1. The van der Waals surface area contributed by atoms with Gasteiger partial charge in [-0.1, -0.05) is 30.3 Å². The molecule has 4 atom stereocenters. The molecule has 1 saturated heterocycles. The van der Waals surface area contributed by atoms with Crippen LogP contribution in [0.2, 0.25) is 0 Å². The molecule has 26 heavy (non-hydrogen) atoms. The number of hydrogen-bond donors (Lipinski definition) is 2. The van der Waals surface area contributed by atoms with Crippen LogP contribution in [0.3, 0.4) is 0 Å². The first-order valence-electron chi connectivity index (χ1n) is 9.18. The Labute approximate surface area is 153 Å². The van der Waals surface area contributed by atoms with Gasteiger partial charge in [0.25, 0.3) is 0 Å². The number of ether oxygens (including phenoxy) is 2. The molecule has 2 fully saturated rings. The lowest BCUT2D eigenvalue weighted by Gasteiger charge is -2.28. The third-order valence-electron chi connectivity index (χ3n) is 5.01. The lowest BCUT2D eigenvalue weighted by Crippen LogP contribution is -2.50. The summed E-state index contributed by atoms with van der Waals surface area (Å²) in [4.78, 5) is 23.8. The highest BCUT2D eigenvalue weighted by Crippen LogP contribution is 2.44. The van der Waals surface area contributed by atoms with Crippen LogP contribution in [0.15, 0.2) is 30.3 Å². The molecule has 2 N–H and O–H groups in total. The predicted molar refractivity (Wildman–Crippen MR) is 93.7 cm³/mol. The van der Waals surface area contributed by atoms with Crippen molar-refractivity contribution < 1.29 is 24.2 Å². The largest absolute Gasteiger partial charge is 0.466 e. The second-order valence-corrected chi connectivity index (χ2v) is 6.83. The highest BCUT2D eigenvalue weighted by atomic mass is 16.6. The number of carbonyl (C=O) groups excluding carboxylic acids is 2. The van der Waals surface area contributed by atoms with E-state index in [0.717, 1.165) is 18.4 Å². The summed E-state index contributed by atoms with van der Waals surface area (Å²) in [7, 11) is 0. The number of nitrogens with zero attached hydrogens (tertiary/aromatic N) is 1. The van der Waals surface area contributed by atoms with Gasteiger partial charge in [0.1, 0.15) is 6.61 Å². The van der Waals surface area contributed by atoms with Crippen molar-refractivity contribution in [3.63, 3.8) is 0 Å².